The summed E-state index contributed by atoms with van der Waals surface area (Å²) in [7, 11) is 0. The first-order valence-electron chi connectivity index (χ1n) is 14.3. The fourth-order valence-electron chi connectivity index (χ4n) is 6.07. The monoisotopic (exact) mass is 606 g/mol. The Morgan fingerprint density at radius 2 is 1.46 bits per heavy atom. The number of hydrogen-bond donors (Lipinski definition) is 0. The zero-order chi connectivity index (χ0) is 28.3. The van der Waals surface area contributed by atoms with Crippen LogP contribution >= 0.6 is 15.9 Å². The van der Waals surface area contributed by atoms with Crippen LogP contribution in [0.2, 0.25) is 0 Å². The van der Waals surface area contributed by atoms with E-state index in [1.807, 2.05) is 44.2 Å². The van der Waals surface area contributed by atoms with Gasteiger partial charge in [0.2, 0.25) is 0 Å². The normalized spacial score (nSPS) is 14.2. The van der Waals surface area contributed by atoms with Crippen molar-refractivity contribution in [3.63, 3.8) is 0 Å². The van der Waals surface area contributed by atoms with E-state index in [0.29, 0.717) is 17.1 Å². The van der Waals surface area contributed by atoms with Gasteiger partial charge in [-0.3, -0.25) is 14.3 Å². The van der Waals surface area contributed by atoms with E-state index in [0.717, 1.165) is 66.1 Å². The summed E-state index contributed by atoms with van der Waals surface area (Å²) < 4.78 is 2.73. The second-order valence-corrected chi connectivity index (χ2v) is 11.8. The highest BCUT2D eigenvalue weighted by molar-refractivity contribution is 9.10. The number of fused-ring (bicyclic) bond motifs is 1. The molecule has 0 amide bonds. The van der Waals surface area contributed by atoms with Crippen molar-refractivity contribution in [2.75, 3.05) is 37.6 Å². The maximum Gasteiger partial charge on any atom is 0.266 e. The van der Waals surface area contributed by atoms with Gasteiger partial charge >= 0.3 is 0 Å². The standard InChI is InChI=1S/C35H35BrN4O/c1-25-23-29(36)13-16-34(25)40-26(2)37-33-15-14-30(24-32(33)35(40)41)39-21-19-38(20-22-39)18-17-31(27-9-5-3-6-10-27)28-11-7-4-8-12-28/h3-16,23-24,31H,17-22H2,1-2H3. The molecular weight excluding hydrogens is 572 g/mol. The van der Waals surface area contributed by atoms with Crippen LogP contribution in [0, 0.1) is 13.8 Å². The largest absolute Gasteiger partial charge is 0.369 e. The molecule has 5 aromatic rings. The maximum atomic E-state index is 13.7. The third-order valence-corrected chi connectivity index (χ3v) is 8.79. The molecular formula is C35H35BrN4O. The molecule has 0 radical (unpaired) electrons. The van der Waals surface area contributed by atoms with Crippen molar-refractivity contribution in [1.29, 1.82) is 0 Å². The lowest BCUT2D eigenvalue weighted by molar-refractivity contribution is 0.251. The van der Waals surface area contributed by atoms with Crippen molar-refractivity contribution in [1.82, 2.24) is 14.5 Å². The molecule has 5 nitrogen and oxygen atoms in total. The Kier molecular flexibility index (Phi) is 8.04. The smallest absolute Gasteiger partial charge is 0.266 e. The lowest BCUT2D eigenvalue weighted by atomic mass is 9.88. The van der Waals surface area contributed by atoms with Gasteiger partial charge in [0, 0.05) is 42.3 Å². The van der Waals surface area contributed by atoms with Gasteiger partial charge in [-0.1, -0.05) is 76.6 Å². The fraction of sp³-hybridized carbons (Fsp3) is 0.257. The summed E-state index contributed by atoms with van der Waals surface area (Å²) in [5.74, 6) is 1.09. The quantitative estimate of drug-likeness (QED) is 0.198. The first-order valence-corrected chi connectivity index (χ1v) is 15.1. The van der Waals surface area contributed by atoms with Gasteiger partial charge in [-0.2, -0.15) is 0 Å². The second kappa shape index (κ2) is 12.0. The summed E-state index contributed by atoms with van der Waals surface area (Å²) in [6.45, 7) is 8.86. The topological polar surface area (TPSA) is 41.4 Å². The van der Waals surface area contributed by atoms with Gasteiger partial charge in [0.25, 0.3) is 5.56 Å². The molecule has 0 aliphatic carbocycles. The van der Waals surface area contributed by atoms with Crippen LogP contribution in [0.25, 0.3) is 16.6 Å². The molecule has 41 heavy (non-hydrogen) atoms. The van der Waals surface area contributed by atoms with Crippen LogP contribution in [0.15, 0.2) is 106 Å². The third-order valence-electron chi connectivity index (χ3n) is 8.29. The highest BCUT2D eigenvalue weighted by Gasteiger charge is 2.21. The van der Waals surface area contributed by atoms with Gasteiger partial charge in [0.05, 0.1) is 16.6 Å². The number of nitrogens with zero attached hydrogens (tertiary/aromatic N) is 4. The van der Waals surface area contributed by atoms with Crippen molar-refractivity contribution in [2.45, 2.75) is 26.2 Å². The van der Waals surface area contributed by atoms with E-state index in [4.69, 9.17) is 4.98 Å². The summed E-state index contributed by atoms with van der Waals surface area (Å²) in [5, 5.41) is 0.659. The molecule has 1 saturated heterocycles. The highest BCUT2D eigenvalue weighted by Crippen LogP contribution is 2.29. The van der Waals surface area contributed by atoms with Crippen LogP contribution in [0.1, 0.15) is 34.9 Å². The Balaban J connectivity index is 1.17. The minimum absolute atomic E-state index is 0.0220. The Morgan fingerprint density at radius 3 is 2.10 bits per heavy atom. The van der Waals surface area contributed by atoms with Crippen LogP contribution in [0.4, 0.5) is 5.69 Å². The summed E-state index contributed by atoms with van der Waals surface area (Å²) >= 11 is 3.53. The molecule has 0 saturated carbocycles. The average Bonchev–Trinajstić information content (AvgIpc) is 3.00. The van der Waals surface area contributed by atoms with Gasteiger partial charge in [0.15, 0.2) is 0 Å². The number of rotatable bonds is 7. The minimum Gasteiger partial charge on any atom is -0.369 e. The molecule has 0 N–H and O–H groups in total. The van der Waals surface area contributed by atoms with Crippen LogP contribution in [-0.4, -0.2) is 47.2 Å². The Labute approximate surface area is 250 Å². The molecule has 1 fully saturated rings. The van der Waals surface area contributed by atoms with Crippen molar-refractivity contribution in [3.05, 3.63) is 134 Å². The SMILES string of the molecule is Cc1cc(Br)ccc1-n1c(C)nc2ccc(N3CCN(CCC(c4ccccc4)c4ccccc4)CC3)cc2c1=O. The number of hydrogen-bond acceptors (Lipinski definition) is 4. The van der Waals surface area contributed by atoms with Gasteiger partial charge in [-0.05, 0) is 79.9 Å². The van der Waals surface area contributed by atoms with Gasteiger partial charge < -0.3 is 4.90 Å². The molecule has 208 valence electrons. The maximum absolute atomic E-state index is 13.7. The molecule has 2 heterocycles. The molecule has 0 spiro atoms. The average molecular weight is 608 g/mol. The van der Waals surface area contributed by atoms with Crippen molar-refractivity contribution in [3.8, 4) is 5.69 Å². The first-order chi connectivity index (χ1) is 20.0. The molecule has 0 atom stereocenters. The summed E-state index contributed by atoms with van der Waals surface area (Å²) in [6.07, 6.45) is 1.09. The summed E-state index contributed by atoms with van der Waals surface area (Å²) in [5.41, 5.74) is 6.46. The van der Waals surface area contributed by atoms with Gasteiger partial charge in [-0.25, -0.2) is 4.98 Å². The molecule has 1 aromatic heterocycles. The zero-order valence-corrected chi connectivity index (χ0v) is 25.2. The van der Waals surface area contributed by atoms with Crippen molar-refractivity contribution in [2.24, 2.45) is 0 Å². The Morgan fingerprint density at radius 1 is 0.805 bits per heavy atom. The predicted molar refractivity (Wildman–Crippen MR) is 173 cm³/mol. The first kappa shape index (κ1) is 27.4. The van der Waals surface area contributed by atoms with E-state index in [2.05, 4.69) is 92.5 Å². The predicted octanol–water partition coefficient (Wildman–Crippen LogP) is 7.11. The number of benzene rings is 4. The second-order valence-electron chi connectivity index (χ2n) is 10.9. The number of aromatic nitrogens is 2. The van der Waals surface area contributed by atoms with E-state index in [1.54, 1.807) is 4.57 Å². The van der Waals surface area contributed by atoms with E-state index >= 15 is 0 Å². The number of piperazine rings is 1. The van der Waals surface area contributed by atoms with Crippen LogP contribution in [0.5, 0.6) is 0 Å². The molecule has 1 aliphatic heterocycles. The number of halogens is 1. The van der Waals surface area contributed by atoms with Crippen molar-refractivity contribution < 1.29 is 0 Å². The van der Waals surface area contributed by atoms with Crippen LogP contribution in [0.3, 0.4) is 0 Å². The van der Waals surface area contributed by atoms with E-state index < -0.39 is 0 Å². The van der Waals surface area contributed by atoms with E-state index in [-0.39, 0.29) is 5.56 Å². The van der Waals surface area contributed by atoms with Crippen LogP contribution in [-0.2, 0) is 0 Å². The van der Waals surface area contributed by atoms with Crippen LogP contribution < -0.4 is 10.5 Å². The lowest BCUT2D eigenvalue weighted by Gasteiger charge is -2.36. The van der Waals surface area contributed by atoms with Crippen molar-refractivity contribution >= 4 is 32.5 Å². The Hall–Kier alpha value is -3.74. The fourth-order valence-corrected chi connectivity index (χ4v) is 6.55. The molecule has 6 rings (SSSR count). The third kappa shape index (κ3) is 5.85. The van der Waals surface area contributed by atoms with Gasteiger partial charge in [0.1, 0.15) is 5.82 Å². The molecule has 6 heteroatoms. The zero-order valence-electron chi connectivity index (χ0n) is 23.6. The minimum atomic E-state index is -0.0220. The molecule has 1 aliphatic rings. The number of aryl methyl sites for hydroxylation is 2. The summed E-state index contributed by atoms with van der Waals surface area (Å²) in [4.78, 5) is 23.5. The highest BCUT2D eigenvalue weighted by atomic mass is 79.9. The van der Waals surface area contributed by atoms with Gasteiger partial charge in [-0.15, -0.1) is 0 Å². The van der Waals surface area contributed by atoms with E-state index in [9.17, 15) is 4.79 Å². The molecule has 0 unspecified atom stereocenters. The lowest BCUT2D eigenvalue weighted by Crippen LogP contribution is -2.46. The number of anilines is 1. The van der Waals surface area contributed by atoms with E-state index in [1.165, 1.54) is 11.1 Å². The summed E-state index contributed by atoms with van der Waals surface area (Å²) in [6, 6.07) is 33.8. The molecule has 0 bridgehead atoms. The molecule has 4 aromatic carbocycles. The Bertz CT molecular complexity index is 1670.